The molecule has 2 aromatic rings. The van der Waals surface area contributed by atoms with Crippen LogP contribution in [0, 0.1) is 5.82 Å². The minimum absolute atomic E-state index is 0.0521. The van der Waals surface area contributed by atoms with Gasteiger partial charge in [-0.1, -0.05) is 25.5 Å². The Bertz CT molecular complexity index is 969. The van der Waals surface area contributed by atoms with E-state index in [1.54, 1.807) is 0 Å². The molecule has 0 saturated carbocycles. The summed E-state index contributed by atoms with van der Waals surface area (Å²) in [6.07, 6.45) is 1.58. The number of hydrogen-bond donors (Lipinski definition) is 2. The van der Waals surface area contributed by atoms with Gasteiger partial charge in [-0.25, -0.2) is 17.9 Å². The maximum absolute atomic E-state index is 14.3. The zero-order valence-electron chi connectivity index (χ0n) is 13.8. The van der Waals surface area contributed by atoms with E-state index >= 15 is 0 Å². The summed E-state index contributed by atoms with van der Waals surface area (Å²) in [6, 6.07) is 6.67. The Morgan fingerprint density at radius 3 is 2.31 bits per heavy atom. The van der Waals surface area contributed by atoms with Crippen LogP contribution in [0.4, 0.5) is 4.39 Å². The molecule has 0 atom stereocenters. The van der Waals surface area contributed by atoms with Crippen LogP contribution in [-0.2, 0) is 20.1 Å². The predicted molar refractivity (Wildman–Crippen MR) is 93.4 cm³/mol. The van der Waals surface area contributed by atoms with Crippen LogP contribution in [0.15, 0.2) is 46.2 Å². The Morgan fingerprint density at radius 1 is 1.12 bits per heavy atom. The maximum Gasteiger partial charge on any atom is 0.295 e. The normalized spacial score (nSPS) is 12.2. The summed E-state index contributed by atoms with van der Waals surface area (Å²) in [5, 5.41) is 5.13. The van der Waals surface area contributed by atoms with Crippen molar-refractivity contribution in [3.8, 4) is 16.9 Å². The average Bonchev–Trinajstić information content (AvgIpc) is 2.54. The number of unbranched alkanes of at least 4 members (excludes halogenated alkanes) is 1. The van der Waals surface area contributed by atoms with E-state index in [0.717, 1.165) is 37.1 Å². The molecule has 0 aliphatic heterocycles. The number of ether oxygens (including phenoxy) is 1. The van der Waals surface area contributed by atoms with E-state index in [2.05, 4.69) is 0 Å². The first-order chi connectivity index (χ1) is 12.1. The van der Waals surface area contributed by atoms with Gasteiger partial charge in [0.2, 0.25) is 10.0 Å². The molecule has 0 bridgehead atoms. The van der Waals surface area contributed by atoms with Crippen LogP contribution in [0.2, 0.25) is 0 Å². The van der Waals surface area contributed by atoms with E-state index < -0.39 is 41.3 Å². The Kier molecular flexibility index (Phi) is 6.02. The smallest absolute Gasteiger partial charge is 0.295 e. The molecule has 0 fully saturated rings. The average molecular weight is 403 g/mol. The topological polar surface area (TPSA) is 124 Å². The summed E-state index contributed by atoms with van der Waals surface area (Å²) < 4.78 is 75.9. The quantitative estimate of drug-likeness (QED) is 0.541. The first-order valence-electron chi connectivity index (χ1n) is 7.61. The van der Waals surface area contributed by atoms with Crippen LogP contribution in [0.25, 0.3) is 11.1 Å². The van der Waals surface area contributed by atoms with Crippen LogP contribution >= 0.6 is 0 Å². The minimum atomic E-state index is -4.78. The van der Waals surface area contributed by atoms with Crippen molar-refractivity contribution in [1.82, 2.24) is 0 Å². The molecule has 0 aliphatic carbocycles. The third-order valence-corrected chi connectivity index (χ3v) is 5.40. The van der Waals surface area contributed by atoms with Gasteiger partial charge in [-0.15, -0.1) is 0 Å². The van der Waals surface area contributed by atoms with E-state index in [4.69, 9.17) is 9.88 Å². The number of hydrogen-bond acceptors (Lipinski definition) is 5. The maximum atomic E-state index is 14.3. The molecule has 0 heterocycles. The second-order valence-corrected chi connectivity index (χ2v) is 8.42. The van der Waals surface area contributed by atoms with Crippen molar-refractivity contribution in [2.45, 2.75) is 29.6 Å². The number of nitrogens with two attached hydrogens (primary N) is 1. The molecule has 0 aliphatic rings. The summed E-state index contributed by atoms with van der Waals surface area (Å²) in [7, 11) is -9.11. The van der Waals surface area contributed by atoms with Gasteiger partial charge in [-0.3, -0.25) is 4.55 Å². The fraction of sp³-hybridized carbons (Fsp3) is 0.250. The summed E-state index contributed by atoms with van der Waals surface area (Å²) in [6.45, 7) is 2.25. The number of sulfonamides is 1. The van der Waals surface area contributed by atoms with Gasteiger partial charge in [-0.05, 0) is 36.2 Å². The van der Waals surface area contributed by atoms with Gasteiger partial charge in [0, 0.05) is 5.56 Å². The van der Waals surface area contributed by atoms with E-state index in [9.17, 15) is 25.8 Å². The van der Waals surface area contributed by atoms with Crippen LogP contribution < -0.4 is 9.88 Å². The third kappa shape index (κ3) is 4.58. The largest absolute Gasteiger partial charge is 0.491 e. The van der Waals surface area contributed by atoms with E-state index in [-0.39, 0.29) is 11.3 Å². The van der Waals surface area contributed by atoms with E-state index in [1.807, 2.05) is 6.92 Å². The number of primary sulfonamides is 1. The lowest BCUT2D eigenvalue weighted by Gasteiger charge is -2.13. The van der Waals surface area contributed by atoms with Crippen molar-refractivity contribution >= 4 is 20.1 Å². The molecule has 3 N–H and O–H groups in total. The van der Waals surface area contributed by atoms with E-state index in [1.165, 1.54) is 12.1 Å². The Balaban J connectivity index is 2.66. The molecule has 142 valence electrons. The molecule has 0 amide bonds. The monoisotopic (exact) mass is 403 g/mol. The van der Waals surface area contributed by atoms with Gasteiger partial charge in [0.05, 0.1) is 11.5 Å². The van der Waals surface area contributed by atoms with Crippen LogP contribution in [-0.4, -0.2) is 28.0 Å². The molecule has 0 saturated heterocycles. The summed E-state index contributed by atoms with van der Waals surface area (Å²) in [4.78, 5) is -1.24. The SMILES string of the molecule is CCCCOc1ccc(-c2c(S(N)(=O)=O)cccc2S(=O)(=O)O)cc1F. The van der Waals surface area contributed by atoms with Crippen LogP contribution in [0.3, 0.4) is 0 Å². The standard InChI is InChI=1S/C16H18FNO6S2/c1-2-3-9-24-13-8-7-11(10-12(13)17)16-14(25(18,19)20)5-4-6-15(16)26(21,22)23/h4-8,10H,2-3,9H2,1H3,(H2,18,19,20)(H,21,22,23). The lowest BCUT2D eigenvalue weighted by atomic mass is 10.1. The van der Waals surface area contributed by atoms with Gasteiger partial charge in [0.25, 0.3) is 10.1 Å². The predicted octanol–water partition coefficient (Wildman–Crippen LogP) is 2.57. The molecular formula is C16H18FNO6S2. The first-order valence-corrected chi connectivity index (χ1v) is 10.6. The van der Waals surface area contributed by atoms with E-state index in [0.29, 0.717) is 6.61 Å². The fourth-order valence-corrected chi connectivity index (χ4v) is 3.93. The number of rotatable bonds is 7. The highest BCUT2D eigenvalue weighted by atomic mass is 32.2. The molecule has 0 aromatic heterocycles. The zero-order valence-corrected chi connectivity index (χ0v) is 15.5. The molecule has 2 rings (SSSR count). The first kappa shape index (κ1) is 20.3. The highest BCUT2D eigenvalue weighted by Gasteiger charge is 2.25. The second-order valence-electron chi connectivity index (χ2n) is 5.50. The summed E-state index contributed by atoms with van der Waals surface area (Å²) >= 11 is 0. The minimum Gasteiger partial charge on any atom is -0.491 e. The highest BCUT2D eigenvalue weighted by Crippen LogP contribution is 2.35. The third-order valence-electron chi connectivity index (χ3n) is 3.55. The van der Waals surface area contributed by atoms with Crippen molar-refractivity contribution in [2.75, 3.05) is 6.61 Å². The molecule has 10 heteroatoms. The fourth-order valence-electron chi connectivity index (χ4n) is 2.35. The van der Waals surface area contributed by atoms with Crippen LogP contribution in [0.5, 0.6) is 5.75 Å². The number of halogens is 1. The van der Waals surface area contributed by atoms with Gasteiger partial charge >= 0.3 is 0 Å². The summed E-state index contributed by atoms with van der Waals surface area (Å²) in [5.74, 6) is -0.854. The molecule has 0 spiro atoms. The molecule has 0 radical (unpaired) electrons. The zero-order chi connectivity index (χ0) is 19.5. The molecule has 0 unspecified atom stereocenters. The Morgan fingerprint density at radius 2 is 1.77 bits per heavy atom. The van der Waals surface area contributed by atoms with Gasteiger partial charge < -0.3 is 4.74 Å². The van der Waals surface area contributed by atoms with Crippen molar-refractivity contribution in [3.05, 3.63) is 42.2 Å². The molecule has 26 heavy (non-hydrogen) atoms. The van der Waals surface area contributed by atoms with Crippen molar-refractivity contribution in [2.24, 2.45) is 5.14 Å². The van der Waals surface area contributed by atoms with Gasteiger partial charge in [-0.2, -0.15) is 8.42 Å². The van der Waals surface area contributed by atoms with Gasteiger partial charge in [0.1, 0.15) is 4.90 Å². The number of benzene rings is 2. The Hall–Kier alpha value is -2.01. The van der Waals surface area contributed by atoms with Crippen LogP contribution in [0.1, 0.15) is 19.8 Å². The molecule has 2 aromatic carbocycles. The summed E-state index contributed by atoms with van der Waals surface area (Å²) in [5.41, 5.74) is -0.487. The van der Waals surface area contributed by atoms with Gasteiger partial charge in [0.15, 0.2) is 11.6 Å². The van der Waals surface area contributed by atoms with Crippen molar-refractivity contribution in [3.63, 3.8) is 0 Å². The molecular weight excluding hydrogens is 385 g/mol. The Labute approximate surface area is 151 Å². The lowest BCUT2D eigenvalue weighted by Crippen LogP contribution is -2.15. The lowest BCUT2D eigenvalue weighted by molar-refractivity contribution is 0.294. The second kappa shape index (κ2) is 7.70. The van der Waals surface area contributed by atoms with Crippen molar-refractivity contribution < 1.29 is 30.5 Å². The van der Waals surface area contributed by atoms with Crippen molar-refractivity contribution in [1.29, 1.82) is 0 Å². The highest BCUT2D eigenvalue weighted by molar-refractivity contribution is 7.89. The molecule has 7 nitrogen and oxygen atoms in total.